The van der Waals surface area contributed by atoms with Gasteiger partial charge in [-0.05, 0) is 36.4 Å². The number of benzene rings is 2. The smallest absolute Gasteiger partial charge is 0.343 e. The lowest BCUT2D eigenvalue weighted by Gasteiger charge is -2.06. The van der Waals surface area contributed by atoms with E-state index in [9.17, 15) is 9.18 Å². The Balaban J connectivity index is 1.98. The fraction of sp³-hybridized carbons (Fsp3) is 0.133. The summed E-state index contributed by atoms with van der Waals surface area (Å²) in [6.07, 6.45) is 0. The Kier molecular flexibility index (Phi) is 4.50. The molecule has 0 bridgehead atoms. The van der Waals surface area contributed by atoms with Gasteiger partial charge in [0.1, 0.15) is 24.8 Å². The first-order chi connectivity index (χ1) is 9.29. The molecule has 0 fully saturated rings. The van der Waals surface area contributed by atoms with Crippen LogP contribution in [0.3, 0.4) is 0 Å². The predicted molar refractivity (Wildman–Crippen MR) is 69.3 cm³/mol. The fourth-order valence-corrected chi connectivity index (χ4v) is 1.50. The summed E-state index contributed by atoms with van der Waals surface area (Å²) in [5, 5.41) is 0. The quantitative estimate of drug-likeness (QED) is 0.611. The standard InChI is InChI=1S/C15H13FO3/c16-10-11-18-13-6-8-14(9-7-13)19-15(17)12-4-2-1-3-5-12/h1-9H,10-11H2. The van der Waals surface area contributed by atoms with Crippen molar-refractivity contribution >= 4 is 5.97 Å². The van der Waals surface area contributed by atoms with Crippen molar-refractivity contribution in [2.24, 2.45) is 0 Å². The monoisotopic (exact) mass is 260 g/mol. The highest BCUT2D eigenvalue weighted by atomic mass is 19.1. The van der Waals surface area contributed by atoms with Gasteiger partial charge in [-0.25, -0.2) is 9.18 Å². The minimum atomic E-state index is -0.537. The Labute approximate surface area is 110 Å². The van der Waals surface area contributed by atoms with Gasteiger partial charge < -0.3 is 9.47 Å². The van der Waals surface area contributed by atoms with Gasteiger partial charge in [-0.2, -0.15) is 0 Å². The molecule has 0 N–H and O–H groups in total. The Morgan fingerprint density at radius 1 is 0.947 bits per heavy atom. The first-order valence-electron chi connectivity index (χ1n) is 5.85. The van der Waals surface area contributed by atoms with Crippen molar-refractivity contribution < 1.29 is 18.7 Å². The van der Waals surface area contributed by atoms with Crippen LogP contribution in [0.25, 0.3) is 0 Å². The molecule has 0 saturated heterocycles. The highest BCUT2D eigenvalue weighted by molar-refractivity contribution is 5.90. The van der Waals surface area contributed by atoms with Gasteiger partial charge in [0, 0.05) is 0 Å². The topological polar surface area (TPSA) is 35.5 Å². The van der Waals surface area contributed by atoms with Gasteiger partial charge in [0.15, 0.2) is 0 Å². The predicted octanol–water partition coefficient (Wildman–Crippen LogP) is 3.25. The molecule has 0 spiro atoms. The SMILES string of the molecule is O=C(Oc1ccc(OCCF)cc1)c1ccccc1. The summed E-state index contributed by atoms with van der Waals surface area (Å²) in [6.45, 7) is -0.520. The number of carbonyl (C=O) groups excluding carboxylic acids is 1. The number of carbonyl (C=O) groups is 1. The molecule has 0 heterocycles. The van der Waals surface area contributed by atoms with E-state index in [1.807, 2.05) is 6.07 Å². The van der Waals surface area contributed by atoms with E-state index in [1.54, 1.807) is 48.5 Å². The maximum Gasteiger partial charge on any atom is 0.343 e. The lowest BCUT2D eigenvalue weighted by molar-refractivity contribution is 0.0734. The third-order valence-corrected chi connectivity index (χ3v) is 2.39. The lowest BCUT2D eigenvalue weighted by Crippen LogP contribution is -2.08. The zero-order chi connectivity index (χ0) is 13.5. The van der Waals surface area contributed by atoms with Gasteiger partial charge in [0.2, 0.25) is 0 Å². The van der Waals surface area contributed by atoms with Crippen molar-refractivity contribution in [3.63, 3.8) is 0 Å². The lowest BCUT2D eigenvalue weighted by atomic mass is 10.2. The summed E-state index contributed by atoms with van der Waals surface area (Å²) in [4.78, 5) is 11.8. The number of hydrogen-bond acceptors (Lipinski definition) is 3. The normalized spacial score (nSPS) is 9.95. The van der Waals surface area contributed by atoms with Crippen LogP contribution in [0.5, 0.6) is 11.5 Å². The average molecular weight is 260 g/mol. The molecule has 0 aliphatic rings. The molecule has 0 aliphatic carbocycles. The summed E-state index contributed by atoms with van der Waals surface area (Å²) >= 11 is 0. The second-order valence-corrected chi connectivity index (χ2v) is 3.76. The van der Waals surface area contributed by atoms with Crippen molar-refractivity contribution in [2.45, 2.75) is 0 Å². The van der Waals surface area contributed by atoms with Gasteiger partial charge in [-0.15, -0.1) is 0 Å². The number of halogens is 1. The van der Waals surface area contributed by atoms with Crippen LogP contribution < -0.4 is 9.47 Å². The van der Waals surface area contributed by atoms with Gasteiger partial charge >= 0.3 is 5.97 Å². The Morgan fingerprint density at radius 2 is 1.58 bits per heavy atom. The van der Waals surface area contributed by atoms with Gasteiger partial charge in [0.05, 0.1) is 5.56 Å². The number of esters is 1. The number of hydrogen-bond donors (Lipinski definition) is 0. The van der Waals surface area contributed by atoms with Crippen LogP contribution >= 0.6 is 0 Å². The van der Waals surface area contributed by atoms with Crippen molar-refractivity contribution in [3.05, 3.63) is 60.2 Å². The van der Waals surface area contributed by atoms with E-state index in [4.69, 9.17) is 9.47 Å². The van der Waals surface area contributed by atoms with Gasteiger partial charge in [0.25, 0.3) is 0 Å². The van der Waals surface area contributed by atoms with E-state index >= 15 is 0 Å². The van der Waals surface area contributed by atoms with Crippen LogP contribution in [-0.2, 0) is 0 Å². The third-order valence-electron chi connectivity index (χ3n) is 2.39. The molecule has 98 valence electrons. The highest BCUT2D eigenvalue weighted by Crippen LogP contribution is 2.18. The zero-order valence-electron chi connectivity index (χ0n) is 10.2. The van der Waals surface area contributed by atoms with E-state index in [-0.39, 0.29) is 6.61 Å². The number of alkyl halides is 1. The van der Waals surface area contributed by atoms with E-state index in [2.05, 4.69) is 0 Å². The molecule has 0 atom stereocenters. The molecule has 0 saturated carbocycles. The summed E-state index contributed by atoms with van der Waals surface area (Å²) in [7, 11) is 0. The summed E-state index contributed by atoms with van der Waals surface area (Å²) in [5.74, 6) is 0.539. The second-order valence-electron chi connectivity index (χ2n) is 3.76. The molecule has 0 radical (unpaired) electrons. The molecular weight excluding hydrogens is 247 g/mol. The van der Waals surface area contributed by atoms with Crippen LogP contribution in [0.2, 0.25) is 0 Å². The second kappa shape index (κ2) is 6.54. The fourth-order valence-electron chi connectivity index (χ4n) is 1.50. The minimum Gasteiger partial charge on any atom is -0.491 e. The van der Waals surface area contributed by atoms with Crippen molar-refractivity contribution in [1.29, 1.82) is 0 Å². The third kappa shape index (κ3) is 3.81. The summed E-state index contributed by atoms with van der Waals surface area (Å²) in [5.41, 5.74) is 0.486. The first kappa shape index (κ1) is 13.1. The van der Waals surface area contributed by atoms with E-state index in [0.29, 0.717) is 17.1 Å². The maximum absolute atomic E-state index is 11.9. The van der Waals surface area contributed by atoms with E-state index in [1.165, 1.54) is 0 Å². The molecule has 0 aromatic heterocycles. The maximum atomic E-state index is 11.9. The number of rotatable bonds is 5. The van der Waals surface area contributed by atoms with Crippen LogP contribution in [-0.4, -0.2) is 19.3 Å². The molecule has 0 unspecified atom stereocenters. The van der Waals surface area contributed by atoms with Gasteiger partial charge in [-0.3, -0.25) is 0 Å². The van der Waals surface area contributed by atoms with E-state index < -0.39 is 12.6 Å². The molecule has 0 amide bonds. The minimum absolute atomic E-state index is 0.0170. The van der Waals surface area contributed by atoms with Crippen LogP contribution in [0.15, 0.2) is 54.6 Å². The molecule has 3 nitrogen and oxygen atoms in total. The molecule has 4 heteroatoms. The molecular formula is C15H13FO3. The van der Waals surface area contributed by atoms with Crippen LogP contribution in [0.4, 0.5) is 4.39 Å². The summed E-state index contributed by atoms with van der Waals surface area (Å²) < 4.78 is 22.2. The van der Waals surface area contributed by atoms with Crippen LogP contribution in [0.1, 0.15) is 10.4 Å². The average Bonchev–Trinajstić information content (AvgIpc) is 2.47. The van der Waals surface area contributed by atoms with E-state index in [0.717, 1.165) is 0 Å². The Morgan fingerprint density at radius 3 is 2.21 bits per heavy atom. The molecule has 2 aromatic carbocycles. The molecule has 2 aromatic rings. The molecule has 0 aliphatic heterocycles. The van der Waals surface area contributed by atoms with Crippen LogP contribution in [0, 0.1) is 0 Å². The van der Waals surface area contributed by atoms with Crippen molar-refractivity contribution in [2.75, 3.05) is 13.3 Å². The highest BCUT2D eigenvalue weighted by Gasteiger charge is 2.07. The molecule has 19 heavy (non-hydrogen) atoms. The number of ether oxygens (including phenoxy) is 2. The zero-order valence-corrected chi connectivity index (χ0v) is 10.2. The Bertz CT molecular complexity index is 523. The first-order valence-corrected chi connectivity index (χ1v) is 5.85. The van der Waals surface area contributed by atoms with Gasteiger partial charge in [-0.1, -0.05) is 18.2 Å². The Hall–Kier alpha value is -2.36. The van der Waals surface area contributed by atoms with Crippen molar-refractivity contribution in [1.82, 2.24) is 0 Å². The largest absolute Gasteiger partial charge is 0.491 e. The van der Waals surface area contributed by atoms with Crippen molar-refractivity contribution in [3.8, 4) is 11.5 Å². The molecule has 2 rings (SSSR count). The summed E-state index contributed by atoms with van der Waals surface area (Å²) in [6, 6.07) is 15.2.